The second kappa shape index (κ2) is 4.21. The molecule has 3 nitrogen and oxygen atoms in total. The first-order valence-electron chi connectivity index (χ1n) is 4.57. The molecule has 0 aromatic rings. The summed E-state index contributed by atoms with van der Waals surface area (Å²) in [6, 6.07) is 0. The zero-order valence-corrected chi connectivity index (χ0v) is 8.05. The summed E-state index contributed by atoms with van der Waals surface area (Å²) in [6.07, 6.45) is -0.814. The molecule has 0 aromatic heterocycles. The lowest BCUT2D eigenvalue weighted by atomic mass is 9.91. The Morgan fingerprint density at radius 2 is 1.71 bits per heavy atom. The molecule has 1 amide bonds. The SMILES string of the molecule is CC(=O)N1CCN(C[B-](F)(F)F)CC1. The molecule has 0 radical (unpaired) electrons. The van der Waals surface area contributed by atoms with Gasteiger partial charge >= 0.3 is 6.98 Å². The van der Waals surface area contributed by atoms with E-state index in [1.54, 1.807) is 4.90 Å². The Balaban J connectivity index is 2.33. The van der Waals surface area contributed by atoms with Gasteiger partial charge in [-0.15, -0.1) is 0 Å². The van der Waals surface area contributed by atoms with Crippen molar-refractivity contribution in [3.8, 4) is 0 Å². The maximum Gasteiger partial charge on any atom is 0.492 e. The second-order valence-electron chi connectivity index (χ2n) is 3.52. The quantitative estimate of drug-likeness (QED) is 0.619. The molecule has 1 heterocycles. The van der Waals surface area contributed by atoms with Gasteiger partial charge in [-0.3, -0.25) is 4.79 Å². The molecule has 7 heteroatoms. The van der Waals surface area contributed by atoms with E-state index in [-0.39, 0.29) is 5.91 Å². The third kappa shape index (κ3) is 3.57. The summed E-state index contributed by atoms with van der Waals surface area (Å²) in [5.41, 5.74) is 0. The summed E-state index contributed by atoms with van der Waals surface area (Å²) >= 11 is 0. The predicted octanol–water partition coefficient (Wildman–Crippen LogP) is 0.537. The average molecular weight is 209 g/mol. The van der Waals surface area contributed by atoms with Crippen LogP contribution < -0.4 is 0 Å². The van der Waals surface area contributed by atoms with Crippen molar-refractivity contribution < 1.29 is 17.7 Å². The molecule has 1 saturated heterocycles. The van der Waals surface area contributed by atoms with Gasteiger partial charge in [0.25, 0.3) is 0 Å². The van der Waals surface area contributed by atoms with Gasteiger partial charge in [-0.05, 0) is 6.44 Å². The highest BCUT2D eigenvalue weighted by Gasteiger charge is 2.28. The molecule has 0 N–H and O–H groups in total. The molecule has 1 rings (SSSR count). The first-order valence-corrected chi connectivity index (χ1v) is 4.57. The van der Waals surface area contributed by atoms with E-state index in [2.05, 4.69) is 0 Å². The van der Waals surface area contributed by atoms with Gasteiger partial charge in [0.2, 0.25) is 5.91 Å². The Hall–Kier alpha value is -0.715. The van der Waals surface area contributed by atoms with E-state index in [0.29, 0.717) is 26.2 Å². The highest BCUT2D eigenvalue weighted by Crippen LogP contribution is 2.12. The Kier molecular flexibility index (Phi) is 3.41. The monoisotopic (exact) mass is 209 g/mol. The minimum atomic E-state index is -4.74. The van der Waals surface area contributed by atoms with Crippen LogP contribution in [0.25, 0.3) is 0 Å². The zero-order chi connectivity index (χ0) is 10.8. The lowest BCUT2D eigenvalue weighted by Crippen LogP contribution is -2.51. The van der Waals surface area contributed by atoms with Crippen LogP contribution in [0.4, 0.5) is 12.9 Å². The predicted molar refractivity (Wildman–Crippen MR) is 47.8 cm³/mol. The van der Waals surface area contributed by atoms with Crippen molar-refractivity contribution in [2.75, 3.05) is 32.6 Å². The van der Waals surface area contributed by atoms with E-state index >= 15 is 0 Å². The van der Waals surface area contributed by atoms with Crippen LogP contribution in [0.15, 0.2) is 0 Å². The van der Waals surface area contributed by atoms with E-state index in [0.717, 1.165) is 0 Å². The van der Waals surface area contributed by atoms with Gasteiger partial charge < -0.3 is 22.7 Å². The maximum absolute atomic E-state index is 12.0. The lowest BCUT2D eigenvalue weighted by molar-refractivity contribution is -0.130. The fourth-order valence-corrected chi connectivity index (χ4v) is 1.54. The molecule has 0 aromatic carbocycles. The van der Waals surface area contributed by atoms with Crippen molar-refractivity contribution >= 4 is 12.9 Å². The summed E-state index contributed by atoms with van der Waals surface area (Å²) in [4.78, 5) is 13.8. The highest BCUT2D eigenvalue weighted by atomic mass is 19.4. The molecule has 14 heavy (non-hydrogen) atoms. The normalized spacial score (nSPS) is 19.9. The maximum atomic E-state index is 12.0. The van der Waals surface area contributed by atoms with Gasteiger partial charge in [-0.25, -0.2) is 0 Å². The second-order valence-corrected chi connectivity index (χ2v) is 3.52. The number of carbonyl (C=O) groups is 1. The van der Waals surface area contributed by atoms with Gasteiger partial charge in [0.1, 0.15) is 0 Å². The van der Waals surface area contributed by atoms with Crippen molar-refractivity contribution in [1.82, 2.24) is 9.80 Å². The standard InChI is InChI=1S/C7H13BF3N2O/c1-7(14)13-4-2-12(3-5-13)6-8(9,10)11/h2-6H2,1H3/q-1. The third-order valence-corrected chi connectivity index (χ3v) is 2.28. The molecule has 1 aliphatic rings. The molecule has 0 spiro atoms. The van der Waals surface area contributed by atoms with Crippen molar-refractivity contribution in [1.29, 1.82) is 0 Å². The number of carbonyl (C=O) groups excluding carboxylic acids is 1. The number of hydrogen-bond acceptors (Lipinski definition) is 2. The molecule has 82 valence electrons. The number of rotatable bonds is 2. The minimum Gasteiger partial charge on any atom is -0.448 e. The van der Waals surface area contributed by atoms with Crippen LogP contribution in [0.5, 0.6) is 0 Å². The topological polar surface area (TPSA) is 23.6 Å². The molecule has 1 fully saturated rings. The van der Waals surface area contributed by atoms with Crippen LogP contribution in [0.3, 0.4) is 0 Å². The molecular formula is C7H13BF3N2O-. The van der Waals surface area contributed by atoms with Gasteiger partial charge in [-0.1, -0.05) is 0 Å². The smallest absolute Gasteiger partial charge is 0.448 e. The Labute approximate surface area is 80.9 Å². The zero-order valence-electron chi connectivity index (χ0n) is 8.05. The van der Waals surface area contributed by atoms with E-state index in [9.17, 15) is 17.7 Å². The van der Waals surface area contributed by atoms with Crippen LogP contribution >= 0.6 is 0 Å². The lowest BCUT2D eigenvalue weighted by Gasteiger charge is -2.36. The Morgan fingerprint density at radius 1 is 1.21 bits per heavy atom. The summed E-state index contributed by atoms with van der Waals surface area (Å²) < 4.78 is 36.1. The van der Waals surface area contributed by atoms with Crippen LogP contribution in [0, 0.1) is 0 Å². The summed E-state index contributed by atoms with van der Waals surface area (Å²) in [5.74, 6) is -0.0674. The Morgan fingerprint density at radius 3 is 2.07 bits per heavy atom. The summed E-state index contributed by atoms with van der Waals surface area (Å²) in [5, 5.41) is 0. The third-order valence-electron chi connectivity index (χ3n) is 2.28. The van der Waals surface area contributed by atoms with Crippen LogP contribution in [-0.2, 0) is 4.79 Å². The van der Waals surface area contributed by atoms with Gasteiger partial charge in [0, 0.05) is 33.1 Å². The van der Waals surface area contributed by atoms with Crippen molar-refractivity contribution in [2.24, 2.45) is 0 Å². The Bertz CT molecular complexity index is 213. The fourth-order valence-electron chi connectivity index (χ4n) is 1.54. The van der Waals surface area contributed by atoms with Crippen molar-refractivity contribution in [2.45, 2.75) is 6.92 Å². The number of amides is 1. The molecular weight excluding hydrogens is 196 g/mol. The molecule has 0 bridgehead atoms. The summed E-state index contributed by atoms with van der Waals surface area (Å²) in [7, 11) is 0. The molecule has 0 aliphatic carbocycles. The largest absolute Gasteiger partial charge is 0.492 e. The average Bonchev–Trinajstić information content (AvgIpc) is 2.02. The van der Waals surface area contributed by atoms with Gasteiger partial charge in [-0.2, -0.15) is 0 Å². The summed E-state index contributed by atoms with van der Waals surface area (Å²) in [6.45, 7) is -1.86. The number of nitrogens with zero attached hydrogens (tertiary/aromatic N) is 2. The van der Waals surface area contributed by atoms with E-state index in [1.807, 2.05) is 0 Å². The van der Waals surface area contributed by atoms with E-state index in [1.165, 1.54) is 11.8 Å². The number of hydrogen-bond donors (Lipinski definition) is 0. The van der Waals surface area contributed by atoms with Gasteiger partial charge in [0.05, 0.1) is 0 Å². The van der Waals surface area contributed by atoms with Crippen LogP contribution in [0.2, 0.25) is 0 Å². The van der Waals surface area contributed by atoms with Gasteiger partial charge in [0.15, 0.2) is 0 Å². The fraction of sp³-hybridized carbons (Fsp3) is 0.857. The first kappa shape index (κ1) is 11.4. The van der Waals surface area contributed by atoms with E-state index in [4.69, 9.17) is 0 Å². The van der Waals surface area contributed by atoms with Crippen LogP contribution in [0.1, 0.15) is 6.92 Å². The van der Waals surface area contributed by atoms with Crippen molar-refractivity contribution in [3.63, 3.8) is 0 Å². The number of piperazine rings is 1. The minimum absolute atomic E-state index is 0.0674. The molecule has 0 saturated carbocycles. The first-order chi connectivity index (χ1) is 6.38. The molecule has 0 atom stereocenters. The van der Waals surface area contributed by atoms with Crippen molar-refractivity contribution in [3.05, 3.63) is 0 Å². The van der Waals surface area contributed by atoms with E-state index < -0.39 is 13.4 Å². The molecule has 0 unspecified atom stereocenters. The van der Waals surface area contributed by atoms with Crippen LogP contribution in [-0.4, -0.2) is 55.3 Å². The molecule has 1 aliphatic heterocycles. The highest BCUT2D eigenvalue weighted by molar-refractivity contribution is 6.58. The number of halogens is 3.